The molecule has 1 rings (SSSR count). The molecule has 80 valence electrons. The summed E-state index contributed by atoms with van der Waals surface area (Å²) in [6.07, 6.45) is 2.43. The van der Waals surface area contributed by atoms with Gasteiger partial charge in [-0.05, 0) is 22.1 Å². The van der Waals surface area contributed by atoms with E-state index in [1.807, 2.05) is 32.0 Å². The van der Waals surface area contributed by atoms with Crippen LogP contribution >= 0.6 is 22.6 Å². The fourth-order valence-corrected chi connectivity index (χ4v) is 1.80. The fraction of sp³-hybridized carbons (Fsp3) is 0.308. The van der Waals surface area contributed by atoms with Crippen LogP contribution in [0, 0.1) is 5.41 Å². The van der Waals surface area contributed by atoms with Gasteiger partial charge in [-0.3, -0.25) is 4.79 Å². The summed E-state index contributed by atoms with van der Waals surface area (Å²) in [7, 11) is 0. The molecule has 2 heteroatoms. The number of carbonyl (C=O) groups excluding carboxylic acids is 1. The van der Waals surface area contributed by atoms with Crippen LogP contribution in [0.15, 0.2) is 40.5 Å². The molecule has 0 atom stereocenters. The lowest BCUT2D eigenvalue weighted by Crippen LogP contribution is -2.24. The van der Waals surface area contributed by atoms with E-state index in [1.54, 1.807) is 10.2 Å². The smallest absolute Gasteiger partial charge is 0.162 e. The third-order valence-corrected chi connectivity index (χ3v) is 2.73. The van der Waals surface area contributed by atoms with E-state index in [9.17, 15) is 4.79 Å². The molecule has 1 nitrogen and oxygen atoms in total. The van der Waals surface area contributed by atoms with E-state index in [0.29, 0.717) is 0 Å². The Morgan fingerprint density at radius 1 is 1.33 bits per heavy atom. The number of hydrogen-bond donors (Lipinski definition) is 0. The predicted molar refractivity (Wildman–Crippen MR) is 72.1 cm³/mol. The van der Waals surface area contributed by atoms with E-state index in [1.165, 1.54) is 5.56 Å². The zero-order valence-corrected chi connectivity index (χ0v) is 11.2. The maximum Gasteiger partial charge on any atom is 0.162 e. The highest BCUT2D eigenvalue weighted by Gasteiger charge is 2.25. The van der Waals surface area contributed by atoms with Gasteiger partial charge >= 0.3 is 0 Å². The van der Waals surface area contributed by atoms with Crippen LogP contribution in [0.2, 0.25) is 0 Å². The lowest BCUT2D eigenvalue weighted by atomic mass is 9.82. The molecule has 0 radical (unpaired) electrons. The summed E-state index contributed by atoms with van der Waals surface area (Å²) < 4.78 is 1.77. The number of benzene rings is 1. The van der Waals surface area contributed by atoms with Gasteiger partial charge in [-0.15, -0.1) is 0 Å². The third kappa shape index (κ3) is 3.78. The van der Waals surface area contributed by atoms with Gasteiger partial charge in [0.25, 0.3) is 0 Å². The molecule has 0 bridgehead atoms. The van der Waals surface area contributed by atoms with E-state index in [-0.39, 0.29) is 11.2 Å². The predicted octanol–water partition coefficient (Wildman–Crippen LogP) is 3.77. The Hall–Kier alpha value is -0.640. The topological polar surface area (TPSA) is 17.1 Å². The normalized spacial score (nSPS) is 11.9. The van der Waals surface area contributed by atoms with Crippen molar-refractivity contribution in [3.05, 3.63) is 46.1 Å². The third-order valence-electron chi connectivity index (χ3n) is 2.37. The van der Waals surface area contributed by atoms with E-state index in [0.717, 1.165) is 6.42 Å². The maximum atomic E-state index is 11.8. The second-order valence-corrected chi connectivity index (χ2v) is 4.92. The molecule has 1 aromatic rings. The molecular weight excluding hydrogens is 299 g/mol. The van der Waals surface area contributed by atoms with Crippen LogP contribution in [-0.4, -0.2) is 5.78 Å². The number of halogens is 1. The summed E-state index contributed by atoms with van der Waals surface area (Å²) in [6, 6.07) is 10.1. The van der Waals surface area contributed by atoms with Crippen molar-refractivity contribution in [1.29, 1.82) is 0 Å². The summed E-state index contributed by atoms with van der Waals surface area (Å²) in [5.41, 5.74) is 0.890. The number of allylic oxidation sites excluding steroid dienone is 1. The van der Waals surface area contributed by atoms with E-state index in [4.69, 9.17) is 0 Å². The summed E-state index contributed by atoms with van der Waals surface area (Å²) >= 11 is 2.07. The lowest BCUT2D eigenvalue weighted by molar-refractivity contribution is -0.122. The molecule has 1 aromatic carbocycles. The monoisotopic (exact) mass is 314 g/mol. The standard InChI is InChI=1S/C13H15IO/c1-13(2,12(15)8-9-14)10-11-6-4-3-5-7-11/h3-9H,10H2,1-2H3/b9-8+. The zero-order valence-electron chi connectivity index (χ0n) is 9.03. The quantitative estimate of drug-likeness (QED) is 0.611. The zero-order chi connectivity index (χ0) is 11.3. The lowest BCUT2D eigenvalue weighted by Gasteiger charge is -2.21. The first-order valence-corrected chi connectivity index (χ1v) is 6.16. The minimum Gasteiger partial charge on any atom is -0.294 e. The van der Waals surface area contributed by atoms with E-state index < -0.39 is 0 Å². The second-order valence-electron chi connectivity index (χ2n) is 4.20. The molecule has 0 N–H and O–H groups in total. The Bertz CT molecular complexity index is 352. The van der Waals surface area contributed by atoms with Crippen molar-refractivity contribution in [3.63, 3.8) is 0 Å². The molecule has 0 saturated carbocycles. The molecule has 0 aliphatic carbocycles. The minimum absolute atomic E-state index is 0.181. The highest BCUT2D eigenvalue weighted by Crippen LogP contribution is 2.23. The van der Waals surface area contributed by atoms with Crippen molar-refractivity contribution in [3.8, 4) is 0 Å². The van der Waals surface area contributed by atoms with Gasteiger partial charge in [0.2, 0.25) is 0 Å². The fourth-order valence-electron chi connectivity index (χ4n) is 1.48. The Labute approximate surface area is 105 Å². The van der Waals surface area contributed by atoms with Crippen LogP contribution in [0.25, 0.3) is 0 Å². The van der Waals surface area contributed by atoms with Gasteiger partial charge < -0.3 is 0 Å². The van der Waals surface area contributed by atoms with Crippen molar-refractivity contribution in [2.24, 2.45) is 5.41 Å². The van der Waals surface area contributed by atoms with Gasteiger partial charge in [0.05, 0.1) is 0 Å². The Morgan fingerprint density at radius 3 is 2.47 bits per heavy atom. The molecule has 0 spiro atoms. The average Bonchev–Trinajstić information content (AvgIpc) is 2.19. The summed E-state index contributed by atoms with van der Waals surface area (Å²) in [6.45, 7) is 3.97. The van der Waals surface area contributed by atoms with Gasteiger partial charge in [0.15, 0.2) is 5.78 Å². The maximum absolute atomic E-state index is 11.8. The second kappa shape index (κ2) is 5.45. The van der Waals surface area contributed by atoms with Crippen molar-refractivity contribution < 1.29 is 4.79 Å². The Morgan fingerprint density at radius 2 is 1.93 bits per heavy atom. The van der Waals surface area contributed by atoms with Crippen LogP contribution < -0.4 is 0 Å². The first-order valence-electron chi connectivity index (χ1n) is 4.91. The molecule has 0 aliphatic heterocycles. The molecule has 0 aliphatic rings. The highest BCUT2D eigenvalue weighted by atomic mass is 127. The van der Waals surface area contributed by atoms with Crippen molar-refractivity contribution >= 4 is 28.4 Å². The summed E-state index contributed by atoms with van der Waals surface area (Å²) in [5.74, 6) is 0.181. The first-order chi connectivity index (χ1) is 7.06. The number of hydrogen-bond acceptors (Lipinski definition) is 1. The van der Waals surface area contributed by atoms with Crippen LogP contribution in [0.1, 0.15) is 19.4 Å². The van der Waals surface area contributed by atoms with Crippen molar-refractivity contribution in [1.82, 2.24) is 0 Å². The van der Waals surface area contributed by atoms with Gasteiger partial charge in [-0.1, -0.05) is 66.8 Å². The van der Waals surface area contributed by atoms with Crippen LogP contribution in [0.4, 0.5) is 0 Å². The van der Waals surface area contributed by atoms with Gasteiger partial charge in [0.1, 0.15) is 0 Å². The molecule has 0 saturated heterocycles. The summed E-state index contributed by atoms with van der Waals surface area (Å²) in [4.78, 5) is 11.8. The van der Waals surface area contributed by atoms with Crippen LogP contribution in [0.3, 0.4) is 0 Å². The molecule has 15 heavy (non-hydrogen) atoms. The summed E-state index contributed by atoms with van der Waals surface area (Å²) in [5, 5.41) is 0. The van der Waals surface area contributed by atoms with Gasteiger partial charge in [-0.2, -0.15) is 0 Å². The van der Waals surface area contributed by atoms with Crippen molar-refractivity contribution in [2.45, 2.75) is 20.3 Å². The first kappa shape index (κ1) is 12.4. The Balaban J connectivity index is 2.76. The molecule has 0 fully saturated rings. The van der Waals surface area contributed by atoms with Crippen LogP contribution in [-0.2, 0) is 11.2 Å². The number of ketones is 1. The molecule has 0 unspecified atom stereocenters. The number of rotatable bonds is 4. The minimum atomic E-state index is -0.316. The average molecular weight is 314 g/mol. The van der Waals surface area contributed by atoms with Gasteiger partial charge in [0, 0.05) is 5.41 Å². The van der Waals surface area contributed by atoms with E-state index >= 15 is 0 Å². The largest absolute Gasteiger partial charge is 0.294 e. The molecular formula is C13H15IO. The highest BCUT2D eigenvalue weighted by molar-refractivity contribution is 14.1. The van der Waals surface area contributed by atoms with Crippen molar-refractivity contribution in [2.75, 3.05) is 0 Å². The Kier molecular flexibility index (Phi) is 4.51. The molecule has 0 heterocycles. The van der Waals surface area contributed by atoms with Gasteiger partial charge in [-0.25, -0.2) is 0 Å². The van der Waals surface area contributed by atoms with Crippen LogP contribution in [0.5, 0.6) is 0 Å². The SMILES string of the molecule is CC(C)(Cc1ccccc1)C(=O)/C=C/I. The van der Waals surface area contributed by atoms with E-state index in [2.05, 4.69) is 34.7 Å². The molecule has 0 amide bonds. The number of carbonyl (C=O) groups is 1. The molecule has 0 aromatic heterocycles.